The van der Waals surface area contributed by atoms with Crippen LogP contribution in [0.25, 0.3) is 0 Å². The van der Waals surface area contributed by atoms with Gasteiger partial charge in [-0.3, -0.25) is 9.59 Å². The first kappa shape index (κ1) is 18.5. The van der Waals surface area contributed by atoms with E-state index >= 15 is 0 Å². The molecule has 0 aliphatic carbocycles. The molecule has 0 spiro atoms. The Balaban J connectivity index is 1.61. The van der Waals surface area contributed by atoms with E-state index in [0.717, 1.165) is 18.7 Å². The lowest BCUT2D eigenvalue weighted by Crippen LogP contribution is -2.30. The molecule has 0 unspecified atom stereocenters. The summed E-state index contributed by atoms with van der Waals surface area (Å²) in [6.45, 7) is 2.39. The first-order valence-electron chi connectivity index (χ1n) is 8.27. The third-order valence-corrected chi connectivity index (χ3v) is 4.64. The highest BCUT2D eigenvalue weighted by atomic mass is 35.5. The van der Waals surface area contributed by atoms with E-state index in [9.17, 15) is 9.59 Å². The molecule has 1 saturated heterocycles. The fraction of sp³-hybridized carbons (Fsp3) is 0.263. The van der Waals surface area contributed by atoms with Gasteiger partial charge in [-0.1, -0.05) is 23.2 Å². The minimum atomic E-state index is -0.721. The number of amides is 2. The van der Waals surface area contributed by atoms with E-state index in [4.69, 9.17) is 27.9 Å². The molecule has 1 heterocycles. The minimum absolute atomic E-state index is 0.131. The van der Waals surface area contributed by atoms with Crippen molar-refractivity contribution in [3.63, 3.8) is 0 Å². The number of hydrogen-bond donors (Lipinski definition) is 1. The van der Waals surface area contributed by atoms with E-state index in [1.807, 2.05) is 12.1 Å². The first-order chi connectivity index (χ1) is 12.4. The molecular formula is C19H18Cl2N2O3. The molecule has 2 aromatic carbocycles. The Kier molecular flexibility index (Phi) is 5.69. The van der Waals surface area contributed by atoms with E-state index < -0.39 is 6.10 Å². The fourth-order valence-electron chi connectivity index (χ4n) is 2.71. The van der Waals surface area contributed by atoms with Crippen LogP contribution in [0.1, 0.15) is 19.8 Å². The van der Waals surface area contributed by atoms with Gasteiger partial charge in [-0.15, -0.1) is 0 Å². The number of halogens is 2. The lowest BCUT2D eigenvalue weighted by atomic mass is 10.2. The highest BCUT2D eigenvalue weighted by molar-refractivity contribution is 6.36. The Hall–Kier alpha value is -2.24. The van der Waals surface area contributed by atoms with Gasteiger partial charge >= 0.3 is 0 Å². The number of nitrogens with zero attached hydrogens (tertiary/aromatic N) is 1. The van der Waals surface area contributed by atoms with Gasteiger partial charge in [0.05, 0.1) is 10.7 Å². The van der Waals surface area contributed by atoms with Crippen LogP contribution in [0.5, 0.6) is 5.75 Å². The summed E-state index contributed by atoms with van der Waals surface area (Å²) in [5.74, 6) is 0.351. The van der Waals surface area contributed by atoms with Crippen molar-refractivity contribution in [3.8, 4) is 5.75 Å². The number of hydrogen-bond acceptors (Lipinski definition) is 3. The zero-order chi connectivity index (χ0) is 18.7. The van der Waals surface area contributed by atoms with Gasteiger partial charge in [-0.05, 0) is 55.8 Å². The summed E-state index contributed by atoms with van der Waals surface area (Å²) < 4.78 is 5.67. The maximum atomic E-state index is 12.3. The fourth-order valence-corrected chi connectivity index (χ4v) is 3.16. The molecule has 2 aromatic rings. The molecule has 0 saturated carbocycles. The topological polar surface area (TPSA) is 58.6 Å². The highest BCUT2D eigenvalue weighted by Crippen LogP contribution is 2.26. The lowest BCUT2D eigenvalue weighted by Gasteiger charge is -2.18. The Bertz CT molecular complexity index is 824. The Labute approximate surface area is 161 Å². The van der Waals surface area contributed by atoms with Crippen LogP contribution in [0.2, 0.25) is 10.0 Å². The molecule has 1 fully saturated rings. The summed E-state index contributed by atoms with van der Waals surface area (Å²) in [6, 6.07) is 12.0. The zero-order valence-corrected chi connectivity index (χ0v) is 15.7. The van der Waals surface area contributed by atoms with Crippen LogP contribution in [0.3, 0.4) is 0 Å². The number of nitrogens with one attached hydrogen (secondary N) is 1. The molecule has 3 rings (SSSR count). The van der Waals surface area contributed by atoms with Crippen molar-refractivity contribution >= 4 is 46.4 Å². The molecule has 2 amide bonds. The Morgan fingerprint density at radius 2 is 1.92 bits per heavy atom. The predicted molar refractivity (Wildman–Crippen MR) is 103 cm³/mol. The van der Waals surface area contributed by atoms with Crippen molar-refractivity contribution in [2.24, 2.45) is 0 Å². The average molecular weight is 393 g/mol. The van der Waals surface area contributed by atoms with Crippen LogP contribution in [-0.4, -0.2) is 24.5 Å². The molecule has 1 N–H and O–H groups in total. The number of rotatable bonds is 5. The van der Waals surface area contributed by atoms with Crippen molar-refractivity contribution in [1.29, 1.82) is 0 Å². The minimum Gasteiger partial charge on any atom is -0.481 e. The van der Waals surface area contributed by atoms with Gasteiger partial charge in [-0.2, -0.15) is 0 Å². The van der Waals surface area contributed by atoms with E-state index in [0.29, 0.717) is 27.9 Å². The van der Waals surface area contributed by atoms with Crippen LogP contribution in [0, 0.1) is 0 Å². The quantitative estimate of drug-likeness (QED) is 0.812. The number of carbonyl (C=O) groups is 2. The summed E-state index contributed by atoms with van der Waals surface area (Å²) in [7, 11) is 0. The van der Waals surface area contributed by atoms with E-state index in [1.165, 1.54) is 0 Å². The summed E-state index contributed by atoms with van der Waals surface area (Å²) in [6.07, 6.45) is 0.741. The van der Waals surface area contributed by atoms with Crippen molar-refractivity contribution in [2.45, 2.75) is 25.9 Å². The van der Waals surface area contributed by atoms with Crippen molar-refractivity contribution in [3.05, 3.63) is 52.5 Å². The summed E-state index contributed by atoms with van der Waals surface area (Å²) in [5.41, 5.74) is 1.31. The number of benzene rings is 2. The number of anilines is 2. The second-order valence-electron chi connectivity index (χ2n) is 6.02. The summed E-state index contributed by atoms with van der Waals surface area (Å²) in [4.78, 5) is 25.8. The second-order valence-corrected chi connectivity index (χ2v) is 6.86. The second kappa shape index (κ2) is 7.98. The van der Waals surface area contributed by atoms with Crippen molar-refractivity contribution in [2.75, 3.05) is 16.8 Å². The van der Waals surface area contributed by atoms with Crippen LogP contribution in [0.4, 0.5) is 11.4 Å². The van der Waals surface area contributed by atoms with E-state index in [1.54, 1.807) is 42.2 Å². The Morgan fingerprint density at radius 1 is 1.19 bits per heavy atom. The van der Waals surface area contributed by atoms with Gasteiger partial charge in [0.15, 0.2) is 6.10 Å². The van der Waals surface area contributed by atoms with Crippen LogP contribution in [0.15, 0.2) is 42.5 Å². The average Bonchev–Trinajstić information content (AvgIpc) is 3.04. The maximum absolute atomic E-state index is 12.3. The Morgan fingerprint density at radius 3 is 2.54 bits per heavy atom. The molecule has 0 bridgehead atoms. The normalized spacial score (nSPS) is 15.0. The van der Waals surface area contributed by atoms with Crippen LogP contribution in [-0.2, 0) is 9.59 Å². The van der Waals surface area contributed by atoms with Gasteiger partial charge in [0.1, 0.15) is 5.75 Å². The molecule has 7 heteroatoms. The molecule has 1 aliphatic rings. The van der Waals surface area contributed by atoms with Crippen molar-refractivity contribution in [1.82, 2.24) is 0 Å². The molecule has 1 atom stereocenters. The summed E-state index contributed by atoms with van der Waals surface area (Å²) >= 11 is 11.9. The lowest BCUT2D eigenvalue weighted by molar-refractivity contribution is -0.122. The standard InChI is InChI=1S/C19H18Cl2N2O3/c1-12(19(25)22-17-9-4-13(20)11-16(17)21)26-15-7-5-14(6-8-15)23-10-2-3-18(23)24/h4-9,11-12H,2-3,10H2,1H3,(H,22,25)/t12-/m1/s1. The predicted octanol–water partition coefficient (Wildman–Crippen LogP) is 4.53. The van der Waals surface area contributed by atoms with Crippen molar-refractivity contribution < 1.29 is 14.3 Å². The largest absolute Gasteiger partial charge is 0.481 e. The third-order valence-electron chi connectivity index (χ3n) is 4.09. The number of ether oxygens (including phenoxy) is 1. The van der Waals surface area contributed by atoms with Crippen LogP contribution < -0.4 is 15.0 Å². The number of carbonyl (C=O) groups excluding carboxylic acids is 2. The monoisotopic (exact) mass is 392 g/mol. The molecule has 5 nitrogen and oxygen atoms in total. The van der Waals surface area contributed by atoms with E-state index in [-0.39, 0.29) is 11.8 Å². The first-order valence-corrected chi connectivity index (χ1v) is 9.02. The van der Waals surface area contributed by atoms with Gasteiger partial charge in [0.2, 0.25) is 5.91 Å². The summed E-state index contributed by atoms with van der Waals surface area (Å²) in [5, 5.41) is 3.57. The molecule has 26 heavy (non-hydrogen) atoms. The SMILES string of the molecule is C[C@@H](Oc1ccc(N2CCCC2=O)cc1)C(=O)Nc1ccc(Cl)cc1Cl. The maximum Gasteiger partial charge on any atom is 0.265 e. The van der Waals surface area contributed by atoms with E-state index in [2.05, 4.69) is 5.32 Å². The molecule has 1 aliphatic heterocycles. The molecule has 0 aromatic heterocycles. The van der Waals surface area contributed by atoms with Gasteiger partial charge in [0, 0.05) is 23.7 Å². The van der Waals surface area contributed by atoms with Crippen LogP contribution >= 0.6 is 23.2 Å². The molecule has 0 radical (unpaired) electrons. The highest BCUT2D eigenvalue weighted by Gasteiger charge is 2.22. The smallest absolute Gasteiger partial charge is 0.265 e. The van der Waals surface area contributed by atoms with Gasteiger partial charge in [0.25, 0.3) is 5.91 Å². The molecular weight excluding hydrogens is 375 g/mol. The van der Waals surface area contributed by atoms with Gasteiger partial charge in [-0.25, -0.2) is 0 Å². The molecule has 136 valence electrons. The third kappa shape index (κ3) is 4.29. The zero-order valence-electron chi connectivity index (χ0n) is 14.2. The van der Waals surface area contributed by atoms with Gasteiger partial charge < -0.3 is 15.0 Å².